The van der Waals surface area contributed by atoms with Gasteiger partial charge in [0.15, 0.2) is 0 Å². The molecular formula is C16H23N3O2. The van der Waals surface area contributed by atoms with Crippen molar-refractivity contribution in [1.29, 1.82) is 0 Å². The summed E-state index contributed by atoms with van der Waals surface area (Å²) in [5.74, 6) is 0. The molecule has 0 atom stereocenters. The Morgan fingerprint density at radius 2 is 1.95 bits per heavy atom. The highest BCUT2D eigenvalue weighted by Gasteiger charge is 2.12. The maximum absolute atomic E-state index is 11.6. The van der Waals surface area contributed by atoms with Crippen LogP contribution < -0.4 is 10.6 Å². The first-order valence-electron chi connectivity index (χ1n) is 7.29. The standard InChI is InChI=1S/C16H23N3O2/c1-2-7-17-16(20)18-12-14-5-3-4-6-15(14)13-19-8-10-21-11-9-19/h2-6H,1,7-13H2,(H2,17,18,20). The highest BCUT2D eigenvalue weighted by Crippen LogP contribution is 2.12. The average Bonchev–Trinajstić information content (AvgIpc) is 2.53. The van der Waals surface area contributed by atoms with Gasteiger partial charge in [-0.3, -0.25) is 4.90 Å². The number of nitrogens with zero attached hydrogens (tertiary/aromatic N) is 1. The summed E-state index contributed by atoms with van der Waals surface area (Å²) >= 11 is 0. The van der Waals surface area contributed by atoms with E-state index in [1.165, 1.54) is 5.56 Å². The van der Waals surface area contributed by atoms with Crippen LogP contribution in [-0.4, -0.2) is 43.8 Å². The van der Waals surface area contributed by atoms with Crippen LogP contribution in [-0.2, 0) is 17.8 Å². The lowest BCUT2D eigenvalue weighted by atomic mass is 10.1. The van der Waals surface area contributed by atoms with E-state index in [0.29, 0.717) is 13.1 Å². The molecule has 1 heterocycles. The molecule has 1 aromatic rings. The number of morpholine rings is 1. The third-order valence-corrected chi connectivity index (χ3v) is 3.46. The van der Waals surface area contributed by atoms with Gasteiger partial charge in [0.05, 0.1) is 13.2 Å². The topological polar surface area (TPSA) is 53.6 Å². The Balaban J connectivity index is 1.89. The van der Waals surface area contributed by atoms with E-state index in [4.69, 9.17) is 4.74 Å². The summed E-state index contributed by atoms with van der Waals surface area (Å²) in [6.07, 6.45) is 1.66. The van der Waals surface area contributed by atoms with Gasteiger partial charge in [-0.2, -0.15) is 0 Å². The van der Waals surface area contributed by atoms with Crippen molar-refractivity contribution in [2.75, 3.05) is 32.8 Å². The number of nitrogens with one attached hydrogen (secondary N) is 2. The number of ether oxygens (including phenoxy) is 1. The molecule has 0 spiro atoms. The molecule has 0 unspecified atom stereocenters. The van der Waals surface area contributed by atoms with Crippen molar-refractivity contribution in [3.05, 3.63) is 48.0 Å². The molecule has 0 aromatic heterocycles. The van der Waals surface area contributed by atoms with Crippen molar-refractivity contribution in [3.63, 3.8) is 0 Å². The van der Waals surface area contributed by atoms with E-state index in [1.807, 2.05) is 12.1 Å². The third-order valence-electron chi connectivity index (χ3n) is 3.46. The molecule has 1 fully saturated rings. The number of urea groups is 1. The number of amides is 2. The van der Waals surface area contributed by atoms with Crippen LogP contribution in [0.3, 0.4) is 0 Å². The van der Waals surface area contributed by atoms with Crippen LogP contribution in [0.2, 0.25) is 0 Å². The molecule has 0 radical (unpaired) electrons. The van der Waals surface area contributed by atoms with E-state index in [9.17, 15) is 4.79 Å². The van der Waals surface area contributed by atoms with E-state index in [-0.39, 0.29) is 6.03 Å². The summed E-state index contributed by atoms with van der Waals surface area (Å²) in [5.41, 5.74) is 2.40. The van der Waals surface area contributed by atoms with Gasteiger partial charge in [-0.15, -0.1) is 6.58 Å². The summed E-state index contributed by atoms with van der Waals surface area (Å²) in [6.45, 7) is 8.99. The van der Waals surface area contributed by atoms with Crippen molar-refractivity contribution in [3.8, 4) is 0 Å². The lowest BCUT2D eigenvalue weighted by Crippen LogP contribution is -2.37. The molecule has 5 nitrogen and oxygen atoms in total. The van der Waals surface area contributed by atoms with Crippen LogP contribution in [0.15, 0.2) is 36.9 Å². The van der Waals surface area contributed by atoms with Gasteiger partial charge in [-0.05, 0) is 11.1 Å². The smallest absolute Gasteiger partial charge is 0.315 e. The van der Waals surface area contributed by atoms with Crippen LogP contribution in [0.25, 0.3) is 0 Å². The van der Waals surface area contributed by atoms with E-state index in [0.717, 1.165) is 38.4 Å². The third kappa shape index (κ3) is 5.21. The fourth-order valence-corrected chi connectivity index (χ4v) is 2.29. The van der Waals surface area contributed by atoms with Crippen molar-refractivity contribution < 1.29 is 9.53 Å². The largest absolute Gasteiger partial charge is 0.379 e. The van der Waals surface area contributed by atoms with Crippen molar-refractivity contribution >= 4 is 6.03 Å². The molecule has 2 amide bonds. The van der Waals surface area contributed by atoms with Gasteiger partial charge in [-0.25, -0.2) is 4.79 Å². The monoisotopic (exact) mass is 289 g/mol. The summed E-state index contributed by atoms with van der Waals surface area (Å²) in [6, 6.07) is 8.05. The first kappa shape index (κ1) is 15.5. The van der Waals surface area contributed by atoms with E-state index in [1.54, 1.807) is 6.08 Å². The normalized spacial score (nSPS) is 15.4. The molecular weight excluding hydrogens is 266 g/mol. The minimum atomic E-state index is -0.170. The zero-order chi connectivity index (χ0) is 14.9. The van der Waals surface area contributed by atoms with Crippen molar-refractivity contribution in [1.82, 2.24) is 15.5 Å². The molecule has 1 aliphatic rings. The molecule has 1 saturated heterocycles. The maximum atomic E-state index is 11.6. The van der Waals surface area contributed by atoms with Gasteiger partial charge in [0.2, 0.25) is 0 Å². The van der Waals surface area contributed by atoms with E-state index in [2.05, 4.69) is 34.2 Å². The second-order valence-corrected chi connectivity index (χ2v) is 5.01. The molecule has 0 saturated carbocycles. The number of carbonyl (C=O) groups excluding carboxylic acids is 1. The Hall–Kier alpha value is -1.85. The summed E-state index contributed by atoms with van der Waals surface area (Å²) in [4.78, 5) is 14.0. The molecule has 2 rings (SSSR count). The lowest BCUT2D eigenvalue weighted by molar-refractivity contribution is 0.0341. The zero-order valence-corrected chi connectivity index (χ0v) is 12.3. The number of rotatable bonds is 6. The molecule has 1 aromatic carbocycles. The van der Waals surface area contributed by atoms with Gasteiger partial charge in [0, 0.05) is 32.7 Å². The average molecular weight is 289 g/mol. The Morgan fingerprint density at radius 1 is 1.24 bits per heavy atom. The first-order chi connectivity index (χ1) is 10.3. The van der Waals surface area contributed by atoms with Crippen molar-refractivity contribution in [2.45, 2.75) is 13.1 Å². The van der Waals surface area contributed by atoms with Crippen molar-refractivity contribution in [2.24, 2.45) is 0 Å². The molecule has 114 valence electrons. The summed E-state index contributed by atoms with van der Waals surface area (Å²) < 4.78 is 5.37. The van der Waals surface area contributed by atoms with Crippen LogP contribution in [0.5, 0.6) is 0 Å². The highest BCUT2D eigenvalue weighted by atomic mass is 16.5. The van der Waals surface area contributed by atoms with E-state index >= 15 is 0 Å². The quantitative estimate of drug-likeness (QED) is 0.780. The number of carbonyl (C=O) groups is 1. The lowest BCUT2D eigenvalue weighted by Gasteiger charge is -2.27. The Bertz CT molecular complexity index is 470. The Labute approximate surface area is 126 Å². The van der Waals surface area contributed by atoms with E-state index < -0.39 is 0 Å². The fraction of sp³-hybridized carbons (Fsp3) is 0.438. The molecule has 21 heavy (non-hydrogen) atoms. The van der Waals surface area contributed by atoms with Gasteiger partial charge in [-0.1, -0.05) is 30.3 Å². The molecule has 0 aliphatic carbocycles. The highest BCUT2D eigenvalue weighted by molar-refractivity contribution is 5.73. The summed E-state index contributed by atoms with van der Waals surface area (Å²) in [5, 5.41) is 5.58. The maximum Gasteiger partial charge on any atom is 0.315 e. The van der Waals surface area contributed by atoms with Crippen LogP contribution >= 0.6 is 0 Å². The predicted octanol–water partition coefficient (Wildman–Crippen LogP) is 1.50. The minimum absolute atomic E-state index is 0.170. The van der Waals surface area contributed by atoms with Gasteiger partial charge in [0.1, 0.15) is 0 Å². The second kappa shape index (κ2) is 8.44. The second-order valence-electron chi connectivity index (χ2n) is 5.01. The first-order valence-corrected chi connectivity index (χ1v) is 7.29. The predicted molar refractivity (Wildman–Crippen MR) is 83.0 cm³/mol. The van der Waals surface area contributed by atoms with Crippen LogP contribution in [0.1, 0.15) is 11.1 Å². The molecule has 0 bridgehead atoms. The Morgan fingerprint density at radius 3 is 2.67 bits per heavy atom. The fourth-order valence-electron chi connectivity index (χ4n) is 2.29. The van der Waals surface area contributed by atoms with Crippen LogP contribution in [0.4, 0.5) is 4.79 Å². The van der Waals surface area contributed by atoms with Gasteiger partial charge >= 0.3 is 6.03 Å². The van der Waals surface area contributed by atoms with Gasteiger partial charge < -0.3 is 15.4 Å². The molecule has 2 N–H and O–H groups in total. The minimum Gasteiger partial charge on any atom is -0.379 e. The zero-order valence-electron chi connectivity index (χ0n) is 12.3. The number of benzene rings is 1. The van der Waals surface area contributed by atoms with Gasteiger partial charge in [0.25, 0.3) is 0 Å². The number of hydrogen-bond donors (Lipinski definition) is 2. The molecule has 5 heteroatoms. The Kier molecular flexibility index (Phi) is 6.24. The summed E-state index contributed by atoms with van der Waals surface area (Å²) in [7, 11) is 0. The number of hydrogen-bond acceptors (Lipinski definition) is 3. The SMILES string of the molecule is C=CCNC(=O)NCc1ccccc1CN1CCOCC1. The van der Waals surface area contributed by atoms with Crippen LogP contribution in [0, 0.1) is 0 Å². The molecule has 1 aliphatic heterocycles.